The summed E-state index contributed by atoms with van der Waals surface area (Å²) in [6.07, 6.45) is 3.48. The highest BCUT2D eigenvalue weighted by Gasteiger charge is 2.47. The lowest BCUT2D eigenvalue weighted by Crippen LogP contribution is -2.29. The smallest absolute Gasteiger partial charge is 0.295 e. The molecule has 36 heavy (non-hydrogen) atoms. The van der Waals surface area contributed by atoms with Crippen LogP contribution in [0.5, 0.6) is 5.75 Å². The number of nitrogens with one attached hydrogen (secondary N) is 2. The third-order valence-electron chi connectivity index (χ3n) is 6.81. The average molecular weight is 478 g/mol. The zero-order valence-corrected chi connectivity index (χ0v) is 19.5. The lowest BCUT2D eigenvalue weighted by atomic mass is 9.94. The van der Waals surface area contributed by atoms with Crippen LogP contribution in [0.1, 0.15) is 22.7 Å². The standard InChI is InChI=1S/C29H23N3O4/c1-36-18-12-10-17(11-13-18)16-32-26(21-14-30-23-8-4-2-6-19(21)23)25(28(34)29(32)35)27(33)22-15-31-24-9-5-3-7-20(22)24/h2-15,26,30-31,33H,16H2,1H3/b27-25+. The molecule has 0 spiro atoms. The van der Waals surface area contributed by atoms with E-state index in [9.17, 15) is 14.7 Å². The first-order valence-electron chi connectivity index (χ1n) is 11.6. The van der Waals surface area contributed by atoms with Gasteiger partial charge in [0.15, 0.2) is 0 Å². The number of hydrogen-bond donors (Lipinski definition) is 3. The van der Waals surface area contributed by atoms with Gasteiger partial charge < -0.3 is 24.7 Å². The molecule has 6 rings (SSSR count). The van der Waals surface area contributed by atoms with E-state index in [1.807, 2.05) is 79.0 Å². The maximum atomic E-state index is 13.5. The highest BCUT2D eigenvalue weighted by atomic mass is 16.5. The number of para-hydroxylation sites is 2. The first kappa shape index (κ1) is 21.7. The Morgan fingerprint density at radius 2 is 1.53 bits per heavy atom. The molecular formula is C29H23N3O4. The van der Waals surface area contributed by atoms with E-state index in [-0.39, 0.29) is 17.9 Å². The van der Waals surface area contributed by atoms with E-state index in [0.717, 1.165) is 32.9 Å². The SMILES string of the molecule is COc1ccc(CN2C(=O)C(=O)/C(=C(/O)c3c[nH]c4ccccc34)C2c2c[nH]c3ccccc23)cc1. The van der Waals surface area contributed by atoms with Crippen molar-refractivity contribution in [3.05, 3.63) is 107 Å². The third-order valence-corrected chi connectivity index (χ3v) is 6.81. The van der Waals surface area contributed by atoms with Crippen LogP contribution in [0.25, 0.3) is 27.6 Å². The van der Waals surface area contributed by atoms with Gasteiger partial charge in [-0.15, -0.1) is 0 Å². The zero-order valence-electron chi connectivity index (χ0n) is 19.5. The summed E-state index contributed by atoms with van der Waals surface area (Å²) in [5, 5.41) is 13.2. The maximum Gasteiger partial charge on any atom is 0.295 e. The molecule has 1 unspecified atom stereocenters. The summed E-state index contributed by atoms with van der Waals surface area (Å²) < 4.78 is 5.25. The molecule has 0 radical (unpaired) electrons. The van der Waals surface area contributed by atoms with Crippen molar-refractivity contribution in [3.8, 4) is 5.75 Å². The number of benzene rings is 3. The Morgan fingerprint density at radius 1 is 0.889 bits per heavy atom. The Hall–Kier alpha value is -4.78. The number of Topliss-reactive ketones (excluding diaryl/α,β-unsaturated/α-hetero) is 1. The fourth-order valence-corrected chi connectivity index (χ4v) is 5.03. The lowest BCUT2D eigenvalue weighted by molar-refractivity contribution is -0.140. The molecule has 1 fully saturated rings. The molecule has 3 heterocycles. The second-order valence-corrected chi connectivity index (χ2v) is 8.81. The van der Waals surface area contributed by atoms with Crippen LogP contribution in [0.15, 0.2) is 90.8 Å². The van der Waals surface area contributed by atoms with Crippen molar-refractivity contribution in [2.75, 3.05) is 7.11 Å². The first-order chi connectivity index (χ1) is 17.6. The Labute approximate surface area is 206 Å². The number of rotatable bonds is 5. The molecule has 0 saturated carbocycles. The number of ether oxygens (including phenoxy) is 1. The number of amides is 1. The Kier molecular flexibility index (Phi) is 5.11. The molecule has 0 bridgehead atoms. The molecule has 1 aliphatic rings. The minimum atomic E-state index is -0.767. The van der Waals surface area contributed by atoms with Crippen molar-refractivity contribution in [2.45, 2.75) is 12.6 Å². The number of aliphatic hydroxyl groups is 1. The van der Waals surface area contributed by atoms with E-state index in [4.69, 9.17) is 4.74 Å². The van der Waals surface area contributed by atoms with Crippen molar-refractivity contribution in [1.29, 1.82) is 0 Å². The van der Waals surface area contributed by atoms with Gasteiger partial charge in [0.05, 0.1) is 18.7 Å². The molecule has 0 aliphatic carbocycles. The quantitative estimate of drug-likeness (QED) is 0.182. The van der Waals surface area contributed by atoms with E-state index in [1.165, 1.54) is 4.90 Å². The number of aliphatic hydroxyl groups excluding tert-OH is 1. The number of nitrogens with zero attached hydrogens (tertiary/aromatic N) is 1. The van der Waals surface area contributed by atoms with Crippen LogP contribution in [-0.4, -0.2) is 38.8 Å². The number of likely N-dealkylation sites (tertiary alicyclic amines) is 1. The summed E-state index contributed by atoms with van der Waals surface area (Å²) in [6, 6.07) is 21.8. The van der Waals surface area contributed by atoms with Crippen LogP contribution < -0.4 is 4.74 Å². The van der Waals surface area contributed by atoms with Crippen molar-refractivity contribution in [3.63, 3.8) is 0 Å². The van der Waals surface area contributed by atoms with Gasteiger partial charge in [-0.05, 0) is 29.8 Å². The van der Waals surface area contributed by atoms with E-state index < -0.39 is 17.7 Å². The number of methoxy groups -OCH3 is 1. The number of carbonyl (C=O) groups is 2. The number of fused-ring (bicyclic) bond motifs is 2. The monoisotopic (exact) mass is 477 g/mol. The molecule has 1 atom stereocenters. The van der Waals surface area contributed by atoms with Gasteiger partial charge in [0.2, 0.25) is 0 Å². The van der Waals surface area contributed by atoms with Crippen LogP contribution in [0, 0.1) is 0 Å². The summed E-state index contributed by atoms with van der Waals surface area (Å²) >= 11 is 0. The summed E-state index contributed by atoms with van der Waals surface area (Å²) in [4.78, 5) is 34.8. The van der Waals surface area contributed by atoms with Crippen LogP contribution >= 0.6 is 0 Å². The van der Waals surface area contributed by atoms with Gasteiger partial charge in [-0.3, -0.25) is 9.59 Å². The molecule has 178 valence electrons. The van der Waals surface area contributed by atoms with Gasteiger partial charge in [0.1, 0.15) is 11.5 Å². The summed E-state index contributed by atoms with van der Waals surface area (Å²) in [5.41, 5.74) is 3.86. The zero-order chi connectivity index (χ0) is 24.8. The predicted molar refractivity (Wildman–Crippen MR) is 137 cm³/mol. The molecule has 1 amide bonds. The number of ketones is 1. The lowest BCUT2D eigenvalue weighted by Gasteiger charge is -2.25. The molecular weight excluding hydrogens is 454 g/mol. The molecule has 3 N–H and O–H groups in total. The number of H-pyrrole nitrogens is 2. The first-order valence-corrected chi connectivity index (χ1v) is 11.6. The van der Waals surface area contributed by atoms with E-state index in [0.29, 0.717) is 11.3 Å². The summed E-state index contributed by atoms with van der Waals surface area (Å²) in [7, 11) is 1.59. The predicted octanol–water partition coefficient (Wildman–Crippen LogP) is 5.28. The van der Waals surface area contributed by atoms with Crippen LogP contribution in [-0.2, 0) is 16.1 Å². The van der Waals surface area contributed by atoms with Crippen LogP contribution in [0.2, 0.25) is 0 Å². The number of hydrogen-bond acceptors (Lipinski definition) is 4. The van der Waals surface area contributed by atoms with Gasteiger partial charge in [-0.2, -0.15) is 0 Å². The second kappa shape index (κ2) is 8.46. The average Bonchev–Trinajstić information content (AvgIpc) is 3.60. The van der Waals surface area contributed by atoms with E-state index in [2.05, 4.69) is 9.97 Å². The van der Waals surface area contributed by atoms with Gasteiger partial charge in [0, 0.05) is 51.9 Å². The highest BCUT2D eigenvalue weighted by Crippen LogP contribution is 2.43. The van der Waals surface area contributed by atoms with Crippen molar-refractivity contribution < 1.29 is 19.4 Å². The highest BCUT2D eigenvalue weighted by molar-refractivity contribution is 6.46. The van der Waals surface area contributed by atoms with Crippen molar-refractivity contribution in [1.82, 2.24) is 14.9 Å². The number of aromatic amines is 2. The topological polar surface area (TPSA) is 98.4 Å². The Bertz CT molecular complexity index is 1660. The molecule has 2 aromatic heterocycles. The van der Waals surface area contributed by atoms with Crippen LogP contribution in [0.4, 0.5) is 0 Å². The largest absolute Gasteiger partial charge is 0.507 e. The molecule has 1 saturated heterocycles. The molecule has 5 aromatic rings. The van der Waals surface area contributed by atoms with Crippen molar-refractivity contribution in [2.24, 2.45) is 0 Å². The molecule has 7 heteroatoms. The fourth-order valence-electron chi connectivity index (χ4n) is 5.03. The van der Waals surface area contributed by atoms with E-state index >= 15 is 0 Å². The minimum absolute atomic E-state index is 0.0722. The Balaban J connectivity index is 1.54. The number of carbonyl (C=O) groups excluding carboxylic acids is 2. The van der Waals surface area contributed by atoms with Crippen molar-refractivity contribution >= 4 is 39.3 Å². The minimum Gasteiger partial charge on any atom is -0.507 e. The van der Waals surface area contributed by atoms with Gasteiger partial charge in [-0.25, -0.2) is 0 Å². The molecule has 1 aliphatic heterocycles. The Morgan fingerprint density at radius 3 is 2.25 bits per heavy atom. The third kappa shape index (κ3) is 3.36. The van der Waals surface area contributed by atoms with Gasteiger partial charge >= 0.3 is 0 Å². The normalized spacial score (nSPS) is 17.4. The summed E-state index contributed by atoms with van der Waals surface area (Å²) in [6.45, 7) is 0.198. The summed E-state index contributed by atoms with van der Waals surface area (Å²) in [5.74, 6) is -0.851. The maximum absolute atomic E-state index is 13.5. The number of aromatic nitrogens is 2. The fraction of sp³-hybridized carbons (Fsp3) is 0.103. The van der Waals surface area contributed by atoms with E-state index in [1.54, 1.807) is 13.3 Å². The van der Waals surface area contributed by atoms with Gasteiger partial charge in [0.25, 0.3) is 11.7 Å². The molecule has 7 nitrogen and oxygen atoms in total. The molecule has 3 aromatic carbocycles. The second-order valence-electron chi connectivity index (χ2n) is 8.81. The van der Waals surface area contributed by atoms with Gasteiger partial charge in [-0.1, -0.05) is 48.5 Å². The van der Waals surface area contributed by atoms with Crippen LogP contribution in [0.3, 0.4) is 0 Å².